The predicted molar refractivity (Wildman–Crippen MR) is 97.5 cm³/mol. The Balaban J connectivity index is 1.73. The fourth-order valence-corrected chi connectivity index (χ4v) is 3.28. The number of nitrogens with one attached hydrogen (secondary N) is 1. The average molecular weight is 361 g/mol. The van der Waals surface area contributed by atoms with Gasteiger partial charge >= 0.3 is 0 Å². The minimum absolute atomic E-state index is 0.0567. The summed E-state index contributed by atoms with van der Waals surface area (Å²) in [5.41, 5.74) is 0.924. The minimum Gasteiger partial charge on any atom is -0.381 e. The molecular weight excluding hydrogens is 333 g/mol. The summed E-state index contributed by atoms with van der Waals surface area (Å²) in [5, 5.41) is 7.64. The summed E-state index contributed by atoms with van der Waals surface area (Å²) in [7, 11) is 0. The van der Waals surface area contributed by atoms with Gasteiger partial charge in [0.05, 0.1) is 6.04 Å². The number of hydrogen-bond donors (Lipinski definition) is 1. The molecule has 1 unspecified atom stereocenters. The molecule has 0 amide bonds. The van der Waals surface area contributed by atoms with E-state index < -0.39 is 0 Å². The van der Waals surface area contributed by atoms with Crippen LogP contribution in [0.5, 0.6) is 0 Å². The van der Waals surface area contributed by atoms with Gasteiger partial charge in [0.25, 0.3) is 0 Å². The number of ether oxygens (including phenoxy) is 1. The smallest absolute Gasteiger partial charge is 0.243 e. The molecule has 142 valence electrons. The van der Waals surface area contributed by atoms with Crippen molar-refractivity contribution in [2.24, 2.45) is 0 Å². The Morgan fingerprint density at radius 1 is 1.19 bits per heavy atom. The summed E-state index contributed by atoms with van der Waals surface area (Å²) in [6.45, 7) is 10.4. The van der Waals surface area contributed by atoms with Gasteiger partial charge in [0.15, 0.2) is 5.82 Å². The second-order valence-corrected chi connectivity index (χ2v) is 8.21. The Morgan fingerprint density at radius 3 is 2.42 bits per heavy atom. The standard InChI is InChI=1S/C20H28FN3O2/c1-14(17-23-18(24-26-17)19(2,3)4)22-13-20(9-11-25-12-10-20)15-5-7-16(21)8-6-15/h5-8,14,22H,9-13H2,1-4H3. The third kappa shape index (κ3) is 4.13. The molecule has 1 atom stereocenters. The first-order valence-electron chi connectivity index (χ1n) is 9.21. The SMILES string of the molecule is CC(NCC1(c2ccc(F)cc2)CCOCC1)c1nc(C(C)(C)C)no1. The monoisotopic (exact) mass is 361 g/mol. The highest BCUT2D eigenvalue weighted by Gasteiger charge is 2.35. The van der Waals surface area contributed by atoms with Crippen molar-refractivity contribution in [1.82, 2.24) is 15.5 Å². The highest BCUT2D eigenvalue weighted by atomic mass is 19.1. The maximum atomic E-state index is 13.3. The molecule has 1 aromatic heterocycles. The van der Waals surface area contributed by atoms with Gasteiger partial charge in [0, 0.05) is 30.6 Å². The van der Waals surface area contributed by atoms with E-state index in [2.05, 4.69) is 36.2 Å². The minimum atomic E-state index is -0.210. The zero-order valence-electron chi connectivity index (χ0n) is 16.0. The Morgan fingerprint density at radius 2 is 1.85 bits per heavy atom. The van der Waals surface area contributed by atoms with E-state index in [1.54, 1.807) is 0 Å². The van der Waals surface area contributed by atoms with Crippen LogP contribution in [0.2, 0.25) is 0 Å². The van der Waals surface area contributed by atoms with Crippen molar-refractivity contribution in [2.75, 3.05) is 19.8 Å². The third-order valence-electron chi connectivity index (χ3n) is 5.14. The molecule has 1 aromatic carbocycles. The van der Waals surface area contributed by atoms with Gasteiger partial charge in [-0.15, -0.1) is 0 Å². The van der Waals surface area contributed by atoms with Crippen LogP contribution >= 0.6 is 0 Å². The molecular formula is C20H28FN3O2. The molecule has 2 aromatic rings. The molecule has 1 aliphatic rings. The second kappa shape index (κ2) is 7.45. The maximum Gasteiger partial charge on any atom is 0.243 e. The fourth-order valence-electron chi connectivity index (χ4n) is 3.28. The van der Waals surface area contributed by atoms with Crippen LogP contribution in [-0.4, -0.2) is 29.9 Å². The van der Waals surface area contributed by atoms with E-state index in [9.17, 15) is 4.39 Å². The van der Waals surface area contributed by atoms with Gasteiger partial charge in [0.1, 0.15) is 5.82 Å². The molecule has 0 bridgehead atoms. The summed E-state index contributed by atoms with van der Waals surface area (Å²) in [4.78, 5) is 4.54. The van der Waals surface area contributed by atoms with E-state index in [4.69, 9.17) is 9.26 Å². The average Bonchev–Trinajstić information content (AvgIpc) is 3.12. The van der Waals surface area contributed by atoms with Crippen molar-refractivity contribution < 1.29 is 13.7 Å². The summed E-state index contributed by atoms with van der Waals surface area (Å²) in [6.07, 6.45) is 1.80. The number of nitrogens with zero attached hydrogens (tertiary/aromatic N) is 2. The lowest BCUT2D eigenvalue weighted by atomic mass is 9.74. The second-order valence-electron chi connectivity index (χ2n) is 8.21. The number of aromatic nitrogens is 2. The van der Waals surface area contributed by atoms with Crippen molar-refractivity contribution in [3.63, 3.8) is 0 Å². The molecule has 5 nitrogen and oxygen atoms in total. The van der Waals surface area contributed by atoms with Crippen LogP contribution in [0.15, 0.2) is 28.8 Å². The Bertz CT molecular complexity index is 715. The van der Waals surface area contributed by atoms with Crippen LogP contribution in [0.4, 0.5) is 4.39 Å². The first kappa shape index (κ1) is 19.0. The van der Waals surface area contributed by atoms with E-state index in [1.807, 2.05) is 19.1 Å². The molecule has 0 radical (unpaired) electrons. The largest absolute Gasteiger partial charge is 0.381 e. The lowest BCUT2D eigenvalue weighted by Gasteiger charge is -2.38. The van der Waals surface area contributed by atoms with Crippen molar-refractivity contribution in [1.29, 1.82) is 0 Å². The molecule has 1 N–H and O–H groups in total. The quantitative estimate of drug-likeness (QED) is 0.875. The predicted octanol–water partition coefficient (Wildman–Crippen LogP) is 3.91. The maximum absolute atomic E-state index is 13.3. The van der Waals surface area contributed by atoms with E-state index in [1.165, 1.54) is 12.1 Å². The van der Waals surface area contributed by atoms with Gasteiger partial charge in [-0.25, -0.2) is 4.39 Å². The molecule has 2 heterocycles. The van der Waals surface area contributed by atoms with Crippen LogP contribution in [0, 0.1) is 5.82 Å². The molecule has 0 spiro atoms. The first-order valence-corrected chi connectivity index (χ1v) is 9.21. The molecule has 1 saturated heterocycles. The van der Waals surface area contributed by atoms with Crippen LogP contribution in [0.3, 0.4) is 0 Å². The van der Waals surface area contributed by atoms with E-state index in [-0.39, 0.29) is 22.7 Å². The molecule has 26 heavy (non-hydrogen) atoms. The lowest BCUT2D eigenvalue weighted by Crippen LogP contribution is -2.43. The molecule has 3 rings (SSSR count). The number of benzene rings is 1. The number of hydrogen-bond acceptors (Lipinski definition) is 5. The number of rotatable bonds is 5. The van der Waals surface area contributed by atoms with Crippen molar-refractivity contribution in [3.05, 3.63) is 47.4 Å². The lowest BCUT2D eigenvalue weighted by molar-refractivity contribution is 0.0486. The van der Waals surface area contributed by atoms with Gasteiger partial charge in [-0.2, -0.15) is 4.98 Å². The summed E-state index contributed by atoms with van der Waals surface area (Å²) in [6, 6.07) is 6.78. The van der Waals surface area contributed by atoms with E-state index in [0.717, 1.165) is 24.9 Å². The van der Waals surface area contributed by atoms with Crippen molar-refractivity contribution in [2.45, 2.75) is 57.4 Å². The van der Waals surface area contributed by atoms with E-state index in [0.29, 0.717) is 24.9 Å². The topological polar surface area (TPSA) is 60.2 Å². The van der Waals surface area contributed by atoms with Crippen molar-refractivity contribution in [3.8, 4) is 0 Å². The van der Waals surface area contributed by atoms with E-state index >= 15 is 0 Å². The molecule has 1 fully saturated rings. The summed E-state index contributed by atoms with van der Waals surface area (Å²) in [5.74, 6) is 1.09. The third-order valence-corrected chi connectivity index (χ3v) is 5.14. The van der Waals surface area contributed by atoms with Gasteiger partial charge in [-0.05, 0) is 37.5 Å². The van der Waals surface area contributed by atoms with Crippen LogP contribution < -0.4 is 5.32 Å². The van der Waals surface area contributed by atoms with Crippen molar-refractivity contribution >= 4 is 0 Å². The van der Waals surface area contributed by atoms with Gasteiger partial charge in [-0.1, -0.05) is 38.1 Å². The van der Waals surface area contributed by atoms with Gasteiger partial charge in [0.2, 0.25) is 5.89 Å². The van der Waals surface area contributed by atoms with Crippen LogP contribution in [0.25, 0.3) is 0 Å². The van der Waals surface area contributed by atoms with Crippen LogP contribution in [0.1, 0.15) is 63.9 Å². The Kier molecular flexibility index (Phi) is 5.44. The number of halogens is 1. The zero-order chi connectivity index (χ0) is 18.8. The molecule has 1 aliphatic heterocycles. The molecule has 0 aliphatic carbocycles. The van der Waals surface area contributed by atoms with Gasteiger partial charge in [-0.3, -0.25) is 0 Å². The summed E-state index contributed by atoms with van der Waals surface area (Å²) >= 11 is 0. The first-order chi connectivity index (χ1) is 12.3. The molecule has 0 saturated carbocycles. The fraction of sp³-hybridized carbons (Fsp3) is 0.600. The Labute approximate surface area is 154 Å². The van der Waals surface area contributed by atoms with Crippen LogP contribution in [-0.2, 0) is 15.6 Å². The highest BCUT2D eigenvalue weighted by molar-refractivity contribution is 5.27. The zero-order valence-corrected chi connectivity index (χ0v) is 16.0. The normalized spacial score (nSPS) is 18.7. The van der Waals surface area contributed by atoms with Gasteiger partial charge < -0.3 is 14.6 Å². The molecule has 6 heteroatoms. The Hall–Kier alpha value is -1.79. The highest BCUT2D eigenvalue weighted by Crippen LogP contribution is 2.35. The summed E-state index contributed by atoms with van der Waals surface area (Å²) < 4.78 is 24.4.